The highest BCUT2D eigenvalue weighted by Crippen LogP contribution is 2.27. The number of rotatable bonds is 4. The maximum Gasteiger partial charge on any atom is 0.281 e. The summed E-state index contributed by atoms with van der Waals surface area (Å²) in [6.45, 7) is 3.97. The number of piperazine rings is 1. The van der Waals surface area contributed by atoms with Crippen LogP contribution in [0.3, 0.4) is 0 Å². The van der Waals surface area contributed by atoms with Gasteiger partial charge >= 0.3 is 0 Å². The molecule has 0 spiro atoms. The van der Waals surface area contributed by atoms with E-state index in [1.54, 1.807) is 0 Å². The fraction of sp³-hybridized carbons (Fsp3) is 0.619. The molecule has 1 heterocycles. The first-order valence-corrected chi connectivity index (χ1v) is 10.0. The van der Waals surface area contributed by atoms with Crippen molar-refractivity contribution in [1.29, 1.82) is 0 Å². The van der Waals surface area contributed by atoms with E-state index in [0.29, 0.717) is 32.0 Å². The molecule has 142 valence electrons. The van der Waals surface area contributed by atoms with Crippen molar-refractivity contribution in [2.45, 2.75) is 57.5 Å². The Labute approximate surface area is 156 Å². The normalized spacial score (nSPS) is 22.9. The van der Waals surface area contributed by atoms with Crippen LogP contribution >= 0.6 is 0 Å². The second kappa shape index (κ2) is 8.67. The SMILES string of the molecule is C[C@H]1CN(C(=O)[C@H]([NH3+])Cc2ccccc2)CCN1C(=O)C1CCCCC1. The molecular weight excluding hydrogens is 326 g/mol. The Kier molecular flexibility index (Phi) is 6.30. The highest BCUT2D eigenvalue weighted by Gasteiger charge is 2.35. The third-order valence-electron chi connectivity index (χ3n) is 5.85. The average Bonchev–Trinajstić information content (AvgIpc) is 2.68. The van der Waals surface area contributed by atoms with Gasteiger partial charge in [-0.15, -0.1) is 0 Å². The monoisotopic (exact) mass is 358 g/mol. The summed E-state index contributed by atoms with van der Waals surface area (Å²) in [6.07, 6.45) is 6.33. The number of nitrogens with zero attached hydrogens (tertiary/aromatic N) is 2. The van der Waals surface area contributed by atoms with Crippen molar-refractivity contribution in [3.05, 3.63) is 35.9 Å². The Morgan fingerprint density at radius 1 is 1.12 bits per heavy atom. The van der Waals surface area contributed by atoms with Gasteiger partial charge in [0.2, 0.25) is 5.91 Å². The van der Waals surface area contributed by atoms with Gasteiger partial charge in [0.05, 0.1) is 0 Å². The maximum atomic E-state index is 12.8. The lowest BCUT2D eigenvalue weighted by Crippen LogP contribution is -2.70. The molecular formula is C21H32N3O2+. The number of benzene rings is 1. The van der Waals surface area contributed by atoms with E-state index in [1.165, 1.54) is 19.3 Å². The number of hydrogen-bond acceptors (Lipinski definition) is 2. The maximum absolute atomic E-state index is 12.8. The predicted octanol–water partition coefficient (Wildman–Crippen LogP) is 1.48. The van der Waals surface area contributed by atoms with Gasteiger partial charge in [-0.3, -0.25) is 9.59 Å². The van der Waals surface area contributed by atoms with E-state index in [2.05, 4.69) is 12.7 Å². The molecule has 5 nitrogen and oxygen atoms in total. The first-order chi connectivity index (χ1) is 12.6. The summed E-state index contributed by atoms with van der Waals surface area (Å²) in [4.78, 5) is 29.5. The fourth-order valence-corrected chi connectivity index (χ4v) is 4.31. The molecule has 0 bridgehead atoms. The molecule has 3 N–H and O–H groups in total. The number of hydrogen-bond donors (Lipinski definition) is 1. The summed E-state index contributed by atoms with van der Waals surface area (Å²) in [7, 11) is 0. The topological polar surface area (TPSA) is 68.3 Å². The molecule has 1 saturated heterocycles. The van der Waals surface area contributed by atoms with Gasteiger partial charge in [0.1, 0.15) is 0 Å². The first kappa shape index (κ1) is 18.9. The van der Waals surface area contributed by atoms with Gasteiger partial charge in [0, 0.05) is 38.0 Å². The van der Waals surface area contributed by atoms with Gasteiger partial charge in [-0.05, 0) is 25.3 Å². The Bertz CT molecular complexity index is 613. The van der Waals surface area contributed by atoms with Crippen LogP contribution in [0.1, 0.15) is 44.6 Å². The first-order valence-electron chi connectivity index (χ1n) is 10.0. The molecule has 2 aliphatic rings. The number of quaternary nitrogens is 1. The second-order valence-corrected chi connectivity index (χ2v) is 7.89. The van der Waals surface area contributed by atoms with Crippen LogP contribution in [0.4, 0.5) is 0 Å². The van der Waals surface area contributed by atoms with Gasteiger partial charge in [-0.2, -0.15) is 0 Å². The summed E-state index contributed by atoms with van der Waals surface area (Å²) in [5.74, 6) is 0.609. The zero-order valence-electron chi connectivity index (χ0n) is 15.9. The van der Waals surface area contributed by atoms with Crippen molar-refractivity contribution in [1.82, 2.24) is 9.80 Å². The van der Waals surface area contributed by atoms with Gasteiger partial charge in [-0.1, -0.05) is 49.6 Å². The van der Waals surface area contributed by atoms with Crippen LogP contribution in [0, 0.1) is 5.92 Å². The fourth-order valence-electron chi connectivity index (χ4n) is 4.31. The predicted molar refractivity (Wildman–Crippen MR) is 101 cm³/mol. The van der Waals surface area contributed by atoms with Crippen LogP contribution < -0.4 is 5.73 Å². The molecule has 0 radical (unpaired) electrons. The van der Waals surface area contributed by atoms with E-state index in [4.69, 9.17) is 0 Å². The lowest BCUT2D eigenvalue weighted by molar-refractivity contribution is -0.405. The van der Waals surface area contributed by atoms with Crippen LogP contribution in [0.2, 0.25) is 0 Å². The minimum absolute atomic E-state index is 0.0889. The minimum atomic E-state index is -0.273. The molecule has 5 heteroatoms. The van der Waals surface area contributed by atoms with E-state index < -0.39 is 0 Å². The number of amides is 2. The molecule has 26 heavy (non-hydrogen) atoms. The summed E-state index contributed by atoms with van der Waals surface area (Å²) in [5, 5.41) is 0. The number of carbonyl (C=O) groups is 2. The van der Waals surface area contributed by atoms with E-state index >= 15 is 0 Å². The average molecular weight is 359 g/mol. The van der Waals surface area contributed by atoms with Crippen molar-refractivity contribution in [3.63, 3.8) is 0 Å². The van der Waals surface area contributed by atoms with Gasteiger partial charge in [-0.25, -0.2) is 0 Å². The molecule has 1 aromatic rings. The third kappa shape index (κ3) is 4.44. The zero-order valence-corrected chi connectivity index (χ0v) is 15.9. The van der Waals surface area contributed by atoms with Crippen molar-refractivity contribution < 1.29 is 15.3 Å². The van der Waals surface area contributed by atoms with Gasteiger partial charge in [0.25, 0.3) is 5.91 Å². The summed E-state index contributed by atoms with van der Waals surface area (Å²) in [5.41, 5.74) is 5.23. The van der Waals surface area contributed by atoms with Crippen molar-refractivity contribution >= 4 is 11.8 Å². The molecule has 1 saturated carbocycles. The highest BCUT2D eigenvalue weighted by atomic mass is 16.2. The van der Waals surface area contributed by atoms with E-state index in [-0.39, 0.29) is 23.9 Å². The highest BCUT2D eigenvalue weighted by molar-refractivity contribution is 5.82. The van der Waals surface area contributed by atoms with Crippen molar-refractivity contribution in [2.24, 2.45) is 5.92 Å². The molecule has 2 atom stereocenters. The standard InChI is InChI=1S/C21H31N3O2/c1-16-15-23(21(26)19(22)14-17-8-4-2-5-9-17)12-13-24(16)20(25)18-10-6-3-7-11-18/h2,4-5,8-9,16,18-19H,3,6-7,10-15,22H2,1H3/p+1/t16-,19+/m0/s1. The quantitative estimate of drug-likeness (QED) is 0.886. The Hall–Kier alpha value is -1.88. The molecule has 1 aliphatic heterocycles. The zero-order chi connectivity index (χ0) is 18.5. The summed E-state index contributed by atoms with van der Waals surface area (Å²) >= 11 is 0. The van der Waals surface area contributed by atoms with E-state index in [0.717, 1.165) is 18.4 Å². The molecule has 0 aromatic heterocycles. The van der Waals surface area contributed by atoms with Crippen LogP contribution in [-0.4, -0.2) is 53.3 Å². The molecule has 1 aromatic carbocycles. The Morgan fingerprint density at radius 2 is 1.81 bits per heavy atom. The van der Waals surface area contributed by atoms with E-state index in [1.807, 2.05) is 40.1 Å². The van der Waals surface area contributed by atoms with Crippen LogP contribution in [-0.2, 0) is 16.0 Å². The molecule has 2 fully saturated rings. The van der Waals surface area contributed by atoms with E-state index in [9.17, 15) is 9.59 Å². The molecule has 3 rings (SSSR count). The minimum Gasteiger partial charge on any atom is -0.347 e. The Morgan fingerprint density at radius 3 is 2.46 bits per heavy atom. The molecule has 2 amide bonds. The van der Waals surface area contributed by atoms with Crippen molar-refractivity contribution in [2.75, 3.05) is 19.6 Å². The third-order valence-corrected chi connectivity index (χ3v) is 5.85. The largest absolute Gasteiger partial charge is 0.347 e. The summed E-state index contributed by atoms with van der Waals surface area (Å²) in [6, 6.07) is 9.85. The summed E-state index contributed by atoms with van der Waals surface area (Å²) < 4.78 is 0. The van der Waals surface area contributed by atoms with Crippen molar-refractivity contribution in [3.8, 4) is 0 Å². The lowest BCUT2D eigenvalue weighted by Gasteiger charge is -2.42. The van der Waals surface area contributed by atoms with Gasteiger partial charge < -0.3 is 15.5 Å². The lowest BCUT2D eigenvalue weighted by atomic mass is 9.87. The van der Waals surface area contributed by atoms with Crippen LogP contribution in [0.15, 0.2) is 30.3 Å². The smallest absolute Gasteiger partial charge is 0.281 e. The molecule has 1 aliphatic carbocycles. The number of carbonyl (C=O) groups excluding carboxylic acids is 2. The van der Waals surface area contributed by atoms with Gasteiger partial charge in [0.15, 0.2) is 6.04 Å². The Balaban J connectivity index is 1.54. The second-order valence-electron chi connectivity index (χ2n) is 7.89. The molecule has 0 unspecified atom stereocenters. The van der Waals surface area contributed by atoms with Crippen LogP contribution in [0.25, 0.3) is 0 Å². The van der Waals surface area contributed by atoms with Crippen LogP contribution in [0.5, 0.6) is 0 Å².